The van der Waals surface area contributed by atoms with Crippen LogP contribution in [0, 0.1) is 0 Å². The Morgan fingerprint density at radius 3 is 1.90 bits per heavy atom. The predicted octanol–water partition coefficient (Wildman–Crippen LogP) is 15.4. The monoisotopic (exact) mass is 796 g/mol. The molecule has 0 N–H and O–H groups in total. The summed E-state index contributed by atoms with van der Waals surface area (Å²) in [5, 5.41) is 2.57. The maximum atomic E-state index is 2.53. The van der Waals surface area contributed by atoms with Gasteiger partial charge in [-0.15, -0.1) is 0 Å². The SMILES string of the molecule is CC1(C)c2ccccc2-c2ccc(N(c3ccc4c(c3)C3(c5ccccc5S4)c4ccccc4-n4c5ccccc5c5cccc3c54)c3ccccc3-c3ccccc3)cc21. The summed E-state index contributed by atoms with van der Waals surface area (Å²) in [6.45, 7) is 4.75. The van der Waals surface area contributed by atoms with Gasteiger partial charge in [0.05, 0.1) is 27.8 Å². The van der Waals surface area contributed by atoms with E-state index in [2.05, 4.69) is 230 Å². The third-order valence-electron chi connectivity index (χ3n) is 13.8. The van der Waals surface area contributed by atoms with Gasteiger partial charge >= 0.3 is 0 Å². The first-order valence-corrected chi connectivity index (χ1v) is 22.1. The van der Waals surface area contributed by atoms with Gasteiger partial charge in [0, 0.05) is 42.9 Å². The Kier molecular flexibility index (Phi) is 7.25. The van der Waals surface area contributed by atoms with Crippen LogP contribution in [0.25, 0.3) is 49.7 Å². The molecule has 0 amide bonds. The van der Waals surface area contributed by atoms with Crippen LogP contribution in [-0.2, 0) is 10.8 Å². The summed E-state index contributed by atoms with van der Waals surface area (Å²) < 4.78 is 2.53. The average molecular weight is 797 g/mol. The van der Waals surface area contributed by atoms with Gasteiger partial charge < -0.3 is 9.47 Å². The lowest BCUT2D eigenvalue weighted by molar-refractivity contribution is 0.660. The number of rotatable bonds is 4. The molecule has 10 aromatic rings. The molecule has 3 aliphatic rings. The van der Waals surface area contributed by atoms with Crippen LogP contribution in [0.2, 0.25) is 0 Å². The number of anilines is 3. The first kappa shape index (κ1) is 34.8. The lowest BCUT2D eigenvalue weighted by Gasteiger charge is -2.45. The molecule has 0 fully saturated rings. The van der Waals surface area contributed by atoms with Crippen molar-refractivity contribution in [2.24, 2.45) is 0 Å². The van der Waals surface area contributed by atoms with Gasteiger partial charge in [-0.2, -0.15) is 0 Å². The van der Waals surface area contributed by atoms with Crippen LogP contribution in [0.4, 0.5) is 17.1 Å². The van der Waals surface area contributed by atoms with Gasteiger partial charge in [-0.1, -0.05) is 177 Å². The average Bonchev–Trinajstić information content (AvgIpc) is 3.77. The van der Waals surface area contributed by atoms with E-state index in [4.69, 9.17) is 0 Å². The zero-order valence-electron chi connectivity index (χ0n) is 33.9. The molecule has 0 saturated heterocycles. The summed E-state index contributed by atoms with van der Waals surface area (Å²) in [5.74, 6) is 0. The number of aromatic nitrogens is 1. The molecule has 3 heteroatoms. The maximum absolute atomic E-state index is 2.53. The van der Waals surface area contributed by atoms with Crippen molar-refractivity contribution >= 4 is 50.6 Å². The van der Waals surface area contributed by atoms with Gasteiger partial charge in [-0.3, -0.25) is 0 Å². The highest BCUT2D eigenvalue weighted by Crippen LogP contribution is 2.61. The molecular formula is C58H40N2S. The summed E-state index contributed by atoms with van der Waals surface area (Å²) in [4.78, 5) is 5.10. The summed E-state index contributed by atoms with van der Waals surface area (Å²) in [5.41, 5.74) is 19.5. The number of nitrogens with zero attached hydrogens (tertiary/aromatic N) is 2. The van der Waals surface area contributed by atoms with E-state index in [9.17, 15) is 0 Å². The highest BCUT2D eigenvalue weighted by atomic mass is 32.2. The van der Waals surface area contributed by atoms with E-state index in [0.29, 0.717) is 0 Å². The van der Waals surface area contributed by atoms with E-state index in [1.807, 2.05) is 11.8 Å². The fraction of sp³-hybridized carbons (Fsp3) is 0.0690. The summed E-state index contributed by atoms with van der Waals surface area (Å²) in [7, 11) is 0. The van der Waals surface area contributed by atoms with E-state index in [0.717, 1.165) is 17.1 Å². The second-order valence-corrected chi connectivity index (χ2v) is 18.3. The van der Waals surface area contributed by atoms with Gasteiger partial charge in [-0.05, 0) is 105 Å². The van der Waals surface area contributed by atoms with Gasteiger partial charge in [0.15, 0.2) is 0 Å². The predicted molar refractivity (Wildman–Crippen MR) is 254 cm³/mol. The van der Waals surface area contributed by atoms with E-state index in [1.165, 1.54) is 92.9 Å². The first-order valence-electron chi connectivity index (χ1n) is 21.3. The second kappa shape index (κ2) is 12.7. The number of para-hydroxylation sites is 4. The fourth-order valence-corrected chi connectivity index (χ4v) is 12.4. The van der Waals surface area contributed by atoms with Crippen LogP contribution in [-0.4, -0.2) is 4.57 Å². The molecule has 2 aliphatic heterocycles. The van der Waals surface area contributed by atoms with Gasteiger partial charge in [-0.25, -0.2) is 0 Å². The minimum Gasteiger partial charge on any atom is -0.310 e. The Morgan fingerprint density at radius 2 is 1.03 bits per heavy atom. The van der Waals surface area contributed by atoms with E-state index in [-0.39, 0.29) is 5.41 Å². The molecule has 288 valence electrons. The fourth-order valence-electron chi connectivity index (χ4n) is 11.2. The van der Waals surface area contributed by atoms with E-state index < -0.39 is 5.41 Å². The van der Waals surface area contributed by atoms with E-state index in [1.54, 1.807) is 0 Å². The molecule has 0 radical (unpaired) electrons. The van der Waals surface area contributed by atoms with Crippen molar-refractivity contribution < 1.29 is 0 Å². The number of hydrogen-bond acceptors (Lipinski definition) is 2. The Balaban J connectivity index is 1.12. The summed E-state index contributed by atoms with van der Waals surface area (Å²) in [6, 6.07) is 77.3. The zero-order chi connectivity index (χ0) is 40.5. The van der Waals surface area contributed by atoms with Crippen LogP contribution in [0.15, 0.2) is 216 Å². The zero-order valence-corrected chi connectivity index (χ0v) is 34.7. The smallest absolute Gasteiger partial charge is 0.0765 e. The third kappa shape index (κ3) is 4.64. The largest absolute Gasteiger partial charge is 0.310 e. The summed E-state index contributed by atoms with van der Waals surface area (Å²) >= 11 is 1.90. The highest BCUT2D eigenvalue weighted by molar-refractivity contribution is 7.99. The third-order valence-corrected chi connectivity index (χ3v) is 15.0. The summed E-state index contributed by atoms with van der Waals surface area (Å²) in [6.07, 6.45) is 0. The topological polar surface area (TPSA) is 8.17 Å². The minimum absolute atomic E-state index is 0.143. The molecule has 61 heavy (non-hydrogen) atoms. The molecule has 1 spiro atoms. The molecule has 2 nitrogen and oxygen atoms in total. The van der Waals surface area contributed by atoms with Crippen molar-refractivity contribution in [1.29, 1.82) is 0 Å². The standard InChI is InChI=1S/C58H40N2S/c1-57(2)45-23-9-6-20-41(45)42-33-31-38(35-49(42)57)59(51-27-12-7-19-40(51)37-17-4-3-5-18-37)39-32-34-55-50(36-39)58(47-25-11-15-30-54(47)61-55)46-24-10-14-29-53(46)60-52-28-13-8-21-43(52)44-22-16-26-48(58)56(44)60/h3-36H,1-2H3. The van der Waals surface area contributed by atoms with Gasteiger partial charge in [0.25, 0.3) is 0 Å². The number of benzene rings is 9. The number of fused-ring (bicyclic) bond motifs is 14. The Morgan fingerprint density at radius 1 is 0.426 bits per heavy atom. The minimum atomic E-state index is -0.583. The number of hydrogen-bond donors (Lipinski definition) is 0. The van der Waals surface area contributed by atoms with Crippen LogP contribution in [0.5, 0.6) is 0 Å². The van der Waals surface area contributed by atoms with Crippen molar-refractivity contribution in [2.75, 3.05) is 4.90 Å². The maximum Gasteiger partial charge on any atom is 0.0765 e. The molecule has 9 aromatic carbocycles. The molecule has 1 aliphatic carbocycles. The van der Waals surface area contributed by atoms with Gasteiger partial charge in [0.2, 0.25) is 0 Å². The quantitative estimate of drug-likeness (QED) is 0.175. The normalized spacial score (nSPS) is 16.2. The van der Waals surface area contributed by atoms with Crippen molar-refractivity contribution in [3.8, 4) is 27.9 Å². The highest BCUT2D eigenvalue weighted by Gasteiger charge is 2.49. The van der Waals surface area contributed by atoms with Crippen LogP contribution >= 0.6 is 11.8 Å². The molecular weight excluding hydrogens is 757 g/mol. The van der Waals surface area contributed by atoms with E-state index >= 15 is 0 Å². The Labute approximate surface area is 360 Å². The molecule has 0 bridgehead atoms. The molecule has 13 rings (SSSR count). The molecule has 3 heterocycles. The van der Waals surface area contributed by atoms with Crippen molar-refractivity contribution in [3.05, 3.63) is 240 Å². The lowest BCUT2D eigenvalue weighted by Crippen LogP contribution is -2.37. The van der Waals surface area contributed by atoms with Crippen LogP contribution < -0.4 is 4.90 Å². The van der Waals surface area contributed by atoms with Crippen LogP contribution in [0.1, 0.15) is 47.2 Å². The van der Waals surface area contributed by atoms with Crippen molar-refractivity contribution in [3.63, 3.8) is 0 Å². The van der Waals surface area contributed by atoms with Crippen molar-refractivity contribution in [1.82, 2.24) is 4.57 Å². The first-order chi connectivity index (χ1) is 30.0. The Hall–Kier alpha value is -7.07. The lowest BCUT2D eigenvalue weighted by atomic mass is 9.62. The molecule has 1 atom stereocenters. The second-order valence-electron chi connectivity index (χ2n) is 17.2. The van der Waals surface area contributed by atoms with Crippen molar-refractivity contribution in [2.45, 2.75) is 34.5 Å². The van der Waals surface area contributed by atoms with Gasteiger partial charge in [0.1, 0.15) is 0 Å². The Bertz CT molecular complexity index is 3450. The molecule has 0 saturated carbocycles. The molecule has 1 unspecified atom stereocenters. The molecule has 1 aromatic heterocycles. The van der Waals surface area contributed by atoms with Crippen LogP contribution in [0.3, 0.4) is 0 Å².